The lowest BCUT2D eigenvalue weighted by atomic mass is 10.3. The predicted molar refractivity (Wildman–Crippen MR) is 70.4 cm³/mol. The van der Waals surface area contributed by atoms with Crippen molar-refractivity contribution in [2.45, 2.75) is 32.2 Å². The first kappa shape index (κ1) is 15.0. The molecule has 0 bridgehead atoms. The van der Waals surface area contributed by atoms with Crippen LogP contribution in [-0.2, 0) is 15.6 Å². The lowest BCUT2D eigenvalue weighted by molar-refractivity contribution is 0.0762. The number of nitrogens with zero attached hydrogens (tertiary/aromatic N) is 2. The van der Waals surface area contributed by atoms with E-state index >= 15 is 0 Å². The average molecular weight is 293 g/mol. The summed E-state index contributed by atoms with van der Waals surface area (Å²) in [5, 5.41) is 0. The molecule has 7 heteroatoms. The SMILES string of the molecule is CCN(CC)C(=O)c1cc(S(=O)(=O)Cl)cn1CC. The van der Waals surface area contributed by atoms with E-state index in [9.17, 15) is 13.2 Å². The van der Waals surface area contributed by atoms with Gasteiger partial charge in [-0.2, -0.15) is 0 Å². The average Bonchev–Trinajstić information content (AvgIpc) is 2.73. The first-order valence-corrected chi connectivity index (χ1v) is 8.10. The second kappa shape index (κ2) is 5.75. The third kappa shape index (κ3) is 3.05. The highest BCUT2D eigenvalue weighted by Crippen LogP contribution is 2.19. The molecule has 1 aromatic rings. The molecule has 0 N–H and O–H groups in total. The number of aryl methyl sites for hydroxylation is 1. The molecule has 0 atom stereocenters. The molecule has 1 amide bonds. The number of amides is 1. The van der Waals surface area contributed by atoms with Crippen LogP contribution in [0.3, 0.4) is 0 Å². The molecule has 0 aliphatic carbocycles. The van der Waals surface area contributed by atoms with Crippen molar-refractivity contribution in [2.24, 2.45) is 0 Å². The van der Waals surface area contributed by atoms with Crippen molar-refractivity contribution in [3.63, 3.8) is 0 Å². The van der Waals surface area contributed by atoms with Crippen molar-refractivity contribution in [1.82, 2.24) is 9.47 Å². The molecule has 102 valence electrons. The standard InChI is InChI=1S/C11H17ClN2O3S/c1-4-13(5-2)11(15)10-7-9(18(12,16)17)8-14(10)6-3/h7-8H,4-6H2,1-3H3. The van der Waals surface area contributed by atoms with Gasteiger partial charge in [0.25, 0.3) is 15.0 Å². The number of carbonyl (C=O) groups is 1. The van der Waals surface area contributed by atoms with Crippen molar-refractivity contribution in [3.8, 4) is 0 Å². The Morgan fingerprint density at radius 3 is 2.28 bits per heavy atom. The van der Waals surface area contributed by atoms with Crippen LogP contribution < -0.4 is 0 Å². The van der Waals surface area contributed by atoms with Gasteiger partial charge in [0.05, 0.1) is 0 Å². The quantitative estimate of drug-likeness (QED) is 0.779. The maximum atomic E-state index is 12.2. The fraction of sp³-hybridized carbons (Fsp3) is 0.545. The molecule has 5 nitrogen and oxygen atoms in total. The van der Waals surface area contributed by atoms with Gasteiger partial charge in [-0.05, 0) is 26.8 Å². The van der Waals surface area contributed by atoms with Crippen LogP contribution in [0.15, 0.2) is 17.2 Å². The molecule has 0 saturated carbocycles. The Labute approximate surface area is 112 Å². The molecule has 1 aromatic heterocycles. The highest BCUT2D eigenvalue weighted by molar-refractivity contribution is 8.13. The van der Waals surface area contributed by atoms with Gasteiger partial charge >= 0.3 is 0 Å². The number of aromatic nitrogens is 1. The van der Waals surface area contributed by atoms with Crippen LogP contribution in [-0.4, -0.2) is 36.9 Å². The zero-order valence-electron chi connectivity index (χ0n) is 10.7. The molecule has 0 unspecified atom stereocenters. The van der Waals surface area contributed by atoms with Crippen molar-refractivity contribution >= 4 is 25.6 Å². The molecular weight excluding hydrogens is 276 g/mol. The number of halogens is 1. The van der Waals surface area contributed by atoms with E-state index in [1.165, 1.54) is 12.3 Å². The molecular formula is C11H17ClN2O3S. The Balaban J connectivity index is 3.24. The molecule has 0 spiro atoms. The van der Waals surface area contributed by atoms with Crippen LogP contribution in [0.25, 0.3) is 0 Å². The van der Waals surface area contributed by atoms with Gasteiger partial charge in [-0.15, -0.1) is 0 Å². The van der Waals surface area contributed by atoms with E-state index in [1.54, 1.807) is 9.47 Å². The monoisotopic (exact) mass is 292 g/mol. The Morgan fingerprint density at radius 2 is 1.89 bits per heavy atom. The summed E-state index contributed by atoms with van der Waals surface area (Å²) in [6.45, 7) is 7.25. The predicted octanol–water partition coefficient (Wildman–Crippen LogP) is 1.92. The third-order valence-electron chi connectivity index (χ3n) is 2.76. The molecule has 0 fully saturated rings. The van der Waals surface area contributed by atoms with Crippen LogP contribution in [0.1, 0.15) is 31.3 Å². The van der Waals surface area contributed by atoms with E-state index in [2.05, 4.69) is 0 Å². The van der Waals surface area contributed by atoms with Crippen LogP contribution in [0.5, 0.6) is 0 Å². The van der Waals surface area contributed by atoms with Crippen LogP contribution in [0.4, 0.5) is 0 Å². The minimum absolute atomic E-state index is 0.0403. The smallest absolute Gasteiger partial charge is 0.270 e. The maximum Gasteiger partial charge on any atom is 0.270 e. The Bertz CT molecular complexity index is 532. The highest BCUT2D eigenvalue weighted by Gasteiger charge is 2.21. The Morgan fingerprint density at radius 1 is 1.33 bits per heavy atom. The minimum atomic E-state index is -3.81. The van der Waals surface area contributed by atoms with Gasteiger partial charge in [0, 0.05) is 36.5 Å². The number of hydrogen-bond acceptors (Lipinski definition) is 3. The normalized spacial score (nSPS) is 11.6. The highest BCUT2D eigenvalue weighted by atomic mass is 35.7. The van der Waals surface area contributed by atoms with Gasteiger partial charge in [0.1, 0.15) is 10.6 Å². The van der Waals surface area contributed by atoms with Gasteiger partial charge in [-0.25, -0.2) is 8.42 Å². The number of carbonyl (C=O) groups excluding carboxylic acids is 1. The zero-order valence-corrected chi connectivity index (χ0v) is 12.3. The fourth-order valence-electron chi connectivity index (χ4n) is 1.73. The summed E-state index contributed by atoms with van der Waals surface area (Å²) < 4.78 is 24.1. The van der Waals surface area contributed by atoms with Gasteiger partial charge in [0.15, 0.2) is 0 Å². The van der Waals surface area contributed by atoms with Crippen LogP contribution in [0, 0.1) is 0 Å². The number of hydrogen-bond donors (Lipinski definition) is 0. The van der Waals surface area contributed by atoms with Crippen LogP contribution >= 0.6 is 10.7 Å². The van der Waals surface area contributed by atoms with Gasteiger partial charge in [-0.3, -0.25) is 4.79 Å². The molecule has 0 aliphatic rings. The van der Waals surface area contributed by atoms with Gasteiger partial charge in [0.2, 0.25) is 0 Å². The van der Waals surface area contributed by atoms with E-state index in [1.807, 2.05) is 20.8 Å². The molecule has 0 aromatic carbocycles. The van der Waals surface area contributed by atoms with E-state index in [0.29, 0.717) is 25.3 Å². The van der Waals surface area contributed by atoms with E-state index in [4.69, 9.17) is 10.7 Å². The lowest BCUT2D eigenvalue weighted by Crippen LogP contribution is -2.31. The van der Waals surface area contributed by atoms with E-state index < -0.39 is 9.05 Å². The van der Waals surface area contributed by atoms with Crippen molar-refractivity contribution in [3.05, 3.63) is 18.0 Å². The second-order valence-electron chi connectivity index (χ2n) is 3.76. The van der Waals surface area contributed by atoms with Gasteiger partial charge in [-0.1, -0.05) is 0 Å². The zero-order chi connectivity index (χ0) is 13.9. The van der Waals surface area contributed by atoms with E-state index in [-0.39, 0.29) is 10.8 Å². The van der Waals surface area contributed by atoms with E-state index in [0.717, 1.165) is 0 Å². The molecule has 0 aliphatic heterocycles. The summed E-state index contributed by atoms with van der Waals surface area (Å²) in [6, 6.07) is 1.33. The molecule has 1 rings (SSSR count). The summed E-state index contributed by atoms with van der Waals surface area (Å²) >= 11 is 0. The first-order valence-electron chi connectivity index (χ1n) is 5.79. The topological polar surface area (TPSA) is 59.4 Å². The van der Waals surface area contributed by atoms with Crippen molar-refractivity contribution < 1.29 is 13.2 Å². The van der Waals surface area contributed by atoms with Crippen molar-refractivity contribution in [2.75, 3.05) is 13.1 Å². The van der Waals surface area contributed by atoms with Gasteiger partial charge < -0.3 is 9.47 Å². The Hall–Kier alpha value is -1.01. The first-order chi connectivity index (χ1) is 8.35. The summed E-state index contributed by atoms with van der Waals surface area (Å²) in [7, 11) is 1.48. The summed E-state index contributed by atoms with van der Waals surface area (Å²) in [4.78, 5) is 13.8. The Kier molecular flexibility index (Phi) is 4.81. The largest absolute Gasteiger partial charge is 0.342 e. The summed E-state index contributed by atoms with van der Waals surface area (Å²) in [5.41, 5.74) is 0.348. The maximum absolute atomic E-state index is 12.2. The fourth-order valence-corrected chi connectivity index (χ4v) is 2.49. The molecule has 18 heavy (non-hydrogen) atoms. The lowest BCUT2D eigenvalue weighted by Gasteiger charge is -2.19. The number of rotatable bonds is 5. The molecule has 0 saturated heterocycles. The van der Waals surface area contributed by atoms with Crippen LogP contribution in [0.2, 0.25) is 0 Å². The molecule has 0 radical (unpaired) electrons. The second-order valence-corrected chi connectivity index (χ2v) is 6.33. The minimum Gasteiger partial charge on any atom is -0.342 e. The summed E-state index contributed by atoms with van der Waals surface area (Å²) in [6.07, 6.45) is 1.39. The third-order valence-corrected chi connectivity index (χ3v) is 4.08. The summed E-state index contributed by atoms with van der Waals surface area (Å²) in [5.74, 6) is -0.187. The molecule has 1 heterocycles. The van der Waals surface area contributed by atoms with Crippen molar-refractivity contribution in [1.29, 1.82) is 0 Å².